The number of carbonyl (C=O) groups is 2. The summed E-state index contributed by atoms with van der Waals surface area (Å²) in [6.45, 7) is 7.01. The minimum absolute atomic E-state index is 0.0357. The standard InChI is InChI=1S/C34H42N4O5/c1-3-4-21-42-27-14-11-25(12-15-27)33(39)36-26-13-16-30(29(23-26)34(40)35-24-28-8-7-22-43-28)37-17-19-38(20-18-37)31-9-5-6-10-32(31)41-2/h5-6,9-16,23,28H,3-4,7-8,17-22,24H2,1-2H3,(H,35,40)(H,36,39). The predicted octanol–water partition coefficient (Wildman–Crippen LogP) is 5.36. The molecule has 2 fully saturated rings. The van der Waals surface area contributed by atoms with Gasteiger partial charge in [-0.2, -0.15) is 0 Å². The maximum atomic E-state index is 13.5. The fourth-order valence-corrected chi connectivity index (χ4v) is 5.50. The van der Waals surface area contributed by atoms with E-state index in [1.807, 2.05) is 42.5 Å². The Hall–Kier alpha value is -4.24. The maximum Gasteiger partial charge on any atom is 0.255 e. The van der Waals surface area contributed by atoms with Crippen LogP contribution in [0, 0.1) is 0 Å². The minimum Gasteiger partial charge on any atom is -0.495 e. The lowest BCUT2D eigenvalue weighted by Crippen LogP contribution is -2.47. The van der Waals surface area contributed by atoms with E-state index in [-0.39, 0.29) is 17.9 Å². The van der Waals surface area contributed by atoms with Crippen LogP contribution >= 0.6 is 0 Å². The van der Waals surface area contributed by atoms with Gasteiger partial charge in [-0.1, -0.05) is 25.5 Å². The Morgan fingerprint density at radius 1 is 0.930 bits per heavy atom. The highest BCUT2D eigenvalue weighted by molar-refractivity contribution is 6.06. The molecular weight excluding hydrogens is 544 g/mol. The summed E-state index contributed by atoms with van der Waals surface area (Å²) in [5.41, 5.74) is 3.52. The number of hydrogen-bond donors (Lipinski definition) is 2. The number of nitrogens with one attached hydrogen (secondary N) is 2. The van der Waals surface area contributed by atoms with Crippen LogP contribution in [-0.4, -0.2) is 71.0 Å². The molecule has 2 amide bonds. The third kappa shape index (κ3) is 7.78. The van der Waals surface area contributed by atoms with Gasteiger partial charge >= 0.3 is 0 Å². The molecule has 3 aromatic carbocycles. The zero-order chi connectivity index (χ0) is 30.0. The van der Waals surface area contributed by atoms with E-state index in [4.69, 9.17) is 14.2 Å². The topological polar surface area (TPSA) is 92.4 Å². The molecular formula is C34H42N4O5. The van der Waals surface area contributed by atoms with Gasteiger partial charge in [0, 0.05) is 56.3 Å². The van der Waals surface area contributed by atoms with Gasteiger partial charge in [0.15, 0.2) is 0 Å². The summed E-state index contributed by atoms with van der Waals surface area (Å²) in [5, 5.41) is 6.03. The number of para-hydroxylation sites is 2. The molecule has 1 unspecified atom stereocenters. The number of carbonyl (C=O) groups excluding carboxylic acids is 2. The van der Waals surface area contributed by atoms with E-state index in [2.05, 4.69) is 33.4 Å². The van der Waals surface area contributed by atoms with Crippen molar-refractivity contribution < 1.29 is 23.8 Å². The molecule has 2 N–H and O–H groups in total. The third-order valence-electron chi connectivity index (χ3n) is 7.94. The quantitative estimate of drug-likeness (QED) is 0.276. The number of benzene rings is 3. The Labute approximate surface area is 254 Å². The molecule has 9 heteroatoms. The molecule has 1 atom stereocenters. The van der Waals surface area contributed by atoms with Crippen LogP contribution in [0.1, 0.15) is 53.3 Å². The molecule has 2 aliphatic heterocycles. The number of amides is 2. The summed E-state index contributed by atoms with van der Waals surface area (Å²) in [6.07, 6.45) is 4.03. The predicted molar refractivity (Wildman–Crippen MR) is 170 cm³/mol. The molecule has 3 aromatic rings. The normalized spacial score (nSPS) is 16.6. The van der Waals surface area contributed by atoms with Gasteiger partial charge in [0.25, 0.3) is 11.8 Å². The van der Waals surface area contributed by atoms with E-state index in [1.54, 1.807) is 25.3 Å². The first kappa shape index (κ1) is 30.2. The summed E-state index contributed by atoms with van der Waals surface area (Å²) >= 11 is 0. The van der Waals surface area contributed by atoms with E-state index in [9.17, 15) is 9.59 Å². The minimum atomic E-state index is -0.246. The highest BCUT2D eigenvalue weighted by atomic mass is 16.5. The molecule has 43 heavy (non-hydrogen) atoms. The van der Waals surface area contributed by atoms with Crippen LogP contribution in [0.5, 0.6) is 11.5 Å². The first-order valence-corrected chi connectivity index (χ1v) is 15.3. The second-order valence-corrected chi connectivity index (χ2v) is 10.9. The van der Waals surface area contributed by atoms with Gasteiger partial charge in [0.1, 0.15) is 11.5 Å². The van der Waals surface area contributed by atoms with Crippen molar-refractivity contribution in [3.05, 3.63) is 77.9 Å². The molecule has 0 spiro atoms. The zero-order valence-corrected chi connectivity index (χ0v) is 25.1. The molecule has 0 saturated carbocycles. The number of unbranched alkanes of at least 4 members (excludes halogenated alkanes) is 1. The molecule has 0 aliphatic carbocycles. The molecule has 2 saturated heterocycles. The largest absolute Gasteiger partial charge is 0.495 e. The van der Waals surface area contributed by atoms with E-state index in [1.165, 1.54) is 0 Å². The van der Waals surface area contributed by atoms with Crippen LogP contribution in [0.15, 0.2) is 66.7 Å². The first-order chi connectivity index (χ1) is 21.1. The lowest BCUT2D eigenvalue weighted by atomic mass is 10.1. The lowest BCUT2D eigenvalue weighted by molar-refractivity contribution is 0.0858. The van der Waals surface area contributed by atoms with E-state index < -0.39 is 0 Å². The number of methoxy groups -OCH3 is 1. The first-order valence-electron chi connectivity index (χ1n) is 15.3. The van der Waals surface area contributed by atoms with Crippen LogP contribution in [0.4, 0.5) is 17.1 Å². The van der Waals surface area contributed by atoms with Gasteiger partial charge in [-0.05, 0) is 73.9 Å². The van der Waals surface area contributed by atoms with Gasteiger partial charge < -0.3 is 34.6 Å². The summed E-state index contributed by atoms with van der Waals surface area (Å²) < 4.78 is 17.0. The Bertz CT molecular complexity index is 1370. The van der Waals surface area contributed by atoms with Crippen molar-refractivity contribution >= 4 is 28.9 Å². The second kappa shape index (κ2) is 14.8. The average molecular weight is 587 g/mol. The van der Waals surface area contributed by atoms with Crippen molar-refractivity contribution in [3.8, 4) is 11.5 Å². The Morgan fingerprint density at radius 2 is 1.67 bits per heavy atom. The number of rotatable bonds is 12. The molecule has 228 valence electrons. The maximum absolute atomic E-state index is 13.5. The summed E-state index contributed by atoms with van der Waals surface area (Å²) in [7, 11) is 1.69. The van der Waals surface area contributed by atoms with E-state index in [0.717, 1.165) is 81.3 Å². The van der Waals surface area contributed by atoms with E-state index in [0.29, 0.717) is 30.0 Å². The van der Waals surface area contributed by atoms with Crippen LogP contribution in [0.2, 0.25) is 0 Å². The third-order valence-corrected chi connectivity index (χ3v) is 7.94. The summed E-state index contributed by atoms with van der Waals surface area (Å²) in [4.78, 5) is 31.2. The van der Waals surface area contributed by atoms with Crippen LogP contribution in [0.25, 0.3) is 0 Å². The van der Waals surface area contributed by atoms with Crippen LogP contribution in [-0.2, 0) is 4.74 Å². The lowest BCUT2D eigenvalue weighted by Gasteiger charge is -2.38. The number of nitrogens with zero attached hydrogens (tertiary/aromatic N) is 2. The molecule has 0 bridgehead atoms. The van der Waals surface area contributed by atoms with Gasteiger partial charge in [0.2, 0.25) is 0 Å². The SMILES string of the molecule is CCCCOc1ccc(C(=O)Nc2ccc(N3CCN(c4ccccc4OC)CC3)c(C(=O)NCC3CCCO3)c2)cc1. The smallest absolute Gasteiger partial charge is 0.255 e. The van der Waals surface area contributed by atoms with Crippen LogP contribution in [0.3, 0.4) is 0 Å². The summed E-state index contributed by atoms with van der Waals surface area (Å²) in [6, 6.07) is 20.7. The molecule has 0 radical (unpaired) electrons. The number of ether oxygens (including phenoxy) is 3. The van der Waals surface area contributed by atoms with Gasteiger partial charge in [0.05, 0.1) is 31.1 Å². The average Bonchev–Trinajstić information content (AvgIpc) is 3.58. The number of hydrogen-bond acceptors (Lipinski definition) is 7. The fourth-order valence-electron chi connectivity index (χ4n) is 5.50. The van der Waals surface area contributed by atoms with Crippen molar-refractivity contribution in [2.75, 3.05) is 68.2 Å². The zero-order valence-electron chi connectivity index (χ0n) is 25.1. The van der Waals surface area contributed by atoms with Crippen LogP contribution < -0.4 is 29.9 Å². The Morgan fingerprint density at radius 3 is 2.37 bits per heavy atom. The van der Waals surface area contributed by atoms with Crippen molar-refractivity contribution in [1.82, 2.24) is 5.32 Å². The van der Waals surface area contributed by atoms with Gasteiger partial charge in [-0.25, -0.2) is 0 Å². The van der Waals surface area contributed by atoms with Gasteiger partial charge in [-0.3, -0.25) is 9.59 Å². The van der Waals surface area contributed by atoms with Crippen molar-refractivity contribution in [2.45, 2.75) is 38.7 Å². The molecule has 0 aromatic heterocycles. The fraction of sp³-hybridized carbons (Fsp3) is 0.412. The highest BCUT2D eigenvalue weighted by Gasteiger charge is 2.25. The van der Waals surface area contributed by atoms with E-state index >= 15 is 0 Å². The number of anilines is 3. The number of piperazine rings is 1. The Balaban J connectivity index is 1.30. The van der Waals surface area contributed by atoms with Gasteiger partial charge in [-0.15, -0.1) is 0 Å². The molecule has 2 heterocycles. The summed E-state index contributed by atoms with van der Waals surface area (Å²) in [5.74, 6) is 1.17. The molecule has 9 nitrogen and oxygen atoms in total. The second-order valence-electron chi connectivity index (χ2n) is 10.9. The highest BCUT2D eigenvalue weighted by Crippen LogP contribution is 2.31. The van der Waals surface area contributed by atoms with Crippen molar-refractivity contribution in [3.63, 3.8) is 0 Å². The van der Waals surface area contributed by atoms with Crippen molar-refractivity contribution in [1.29, 1.82) is 0 Å². The Kier molecular flexibility index (Phi) is 10.4. The molecule has 2 aliphatic rings. The monoisotopic (exact) mass is 586 g/mol. The van der Waals surface area contributed by atoms with Crippen molar-refractivity contribution in [2.24, 2.45) is 0 Å². The molecule has 5 rings (SSSR count).